The highest BCUT2D eigenvalue weighted by Crippen LogP contribution is 2.47. The molecule has 0 aliphatic heterocycles. The summed E-state index contributed by atoms with van der Waals surface area (Å²) in [7, 11) is 0. The number of aromatic nitrogens is 3. The number of nitrogens with zero attached hydrogens (tertiary/aromatic N) is 3. The van der Waals surface area contributed by atoms with Gasteiger partial charge in [-0.15, -0.1) is 11.3 Å². The summed E-state index contributed by atoms with van der Waals surface area (Å²) >= 11 is 1.83. The highest BCUT2D eigenvalue weighted by molar-refractivity contribution is 7.25. The number of benzene rings is 10. The Labute approximate surface area is 324 Å². The maximum atomic E-state index is 5.77. The maximum absolute atomic E-state index is 5.77. The van der Waals surface area contributed by atoms with E-state index >= 15 is 0 Å². The smallest absolute Gasteiger partial charge is 0.165 e. The van der Waals surface area contributed by atoms with Crippen LogP contribution >= 0.6 is 11.3 Å². The first kappa shape index (κ1) is 30.2. The van der Waals surface area contributed by atoms with E-state index in [1.165, 1.54) is 74.0 Å². The molecular formula is C52H29N3S. The first-order valence-electron chi connectivity index (χ1n) is 19.1. The van der Waals surface area contributed by atoms with Crippen LogP contribution in [0.25, 0.3) is 124 Å². The Kier molecular flexibility index (Phi) is 6.04. The van der Waals surface area contributed by atoms with E-state index in [0.29, 0.717) is 0 Å². The Balaban J connectivity index is 1.28. The van der Waals surface area contributed by atoms with Gasteiger partial charge in [0.2, 0.25) is 0 Å². The topological polar surface area (TPSA) is 30.7 Å². The predicted octanol–water partition coefficient (Wildman–Crippen LogP) is 14.5. The standard InChI is InChI=1S/C52H29N3S/c1-2-14-32-29-44-41(28-31(32)13-1)49-43(27-25-38-36-18-6-5-16-34(36)35-17-7-8-19-37(35)48(38)49)55(44)52-51(53-42-26-24-30-12-3-4-15-33(30)50(42)54-52)40-21-11-23-46-47(40)39-20-9-10-22-45(39)56-46/h1-29H. The van der Waals surface area contributed by atoms with E-state index in [2.05, 4.69) is 180 Å². The maximum Gasteiger partial charge on any atom is 0.165 e. The molecule has 0 bridgehead atoms. The number of hydrogen-bond donors (Lipinski definition) is 0. The average Bonchev–Trinajstić information content (AvgIpc) is 3.80. The van der Waals surface area contributed by atoms with E-state index in [9.17, 15) is 0 Å². The summed E-state index contributed by atoms with van der Waals surface area (Å²) in [5.41, 5.74) is 5.97. The molecule has 0 radical (unpaired) electrons. The van der Waals surface area contributed by atoms with Gasteiger partial charge in [-0.05, 0) is 79.5 Å². The lowest BCUT2D eigenvalue weighted by Crippen LogP contribution is -2.04. The van der Waals surface area contributed by atoms with Gasteiger partial charge in [0.25, 0.3) is 0 Å². The van der Waals surface area contributed by atoms with Crippen molar-refractivity contribution < 1.29 is 0 Å². The van der Waals surface area contributed by atoms with Gasteiger partial charge >= 0.3 is 0 Å². The monoisotopic (exact) mass is 727 g/mol. The fraction of sp³-hybridized carbons (Fsp3) is 0. The molecule has 3 nitrogen and oxygen atoms in total. The van der Waals surface area contributed by atoms with Crippen molar-refractivity contribution in [1.29, 1.82) is 0 Å². The van der Waals surface area contributed by atoms with Crippen LogP contribution in [0.5, 0.6) is 0 Å². The van der Waals surface area contributed by atoms with E-state index in [4.69, 9.17) is 9.97 Å². The molecule has 56 heavy (non-hydrogen) atoms. The van der Waals surface area contributed by atoms with E-state index in [1.807, 2.05) is 11.3 Å². The normalized spacial score (nSPS) is 12.3. The van der Waals surface area contributed by atoms with Gasteiger partial charge in [-0.25, -0.2) is 9.97 Å². The number of fused-ring (bicyclic) bond motifs is 17. The van der Waals surface area contributed by atoms with Crippen LogP contribution in [0.15, 0.2) is 176 Å². The molecule has 0 N–H and O–H groups in total. The summed E-state index contributed by atoms with van der Waals surface area (Å²) in [6.45, 7) is 0. The Bertz CT molecular complexity index is 3800. The first-order chi connectivity index (χ1) is 27.8. The molecule has 0 fully saturated rings. The Morgan fingerprint density at radius 2 is 1.00 bits per heavy atom. The van der Waals surface area contributed by atoms with Crippen molar-refractivity contribution in [3.05, 3.63) is 176 Å². The quantitative estimate of drug-likeness (QED) is 0.166. The zero-order valence-electron chi connectivity index (χ0n) is 30.0. The van der Waals surface area contributed by atoms with Crippen molar-refractivity contribution in [2.24, 2.45) is 0 Å². The predicted molar refractivity (Wildman–Crippen MR) is 240 cm³/mol. The zero-order valence-corrected chi connectivity index (χ0v) is 30.8. The van der Waals surface area contributed by atoms with Gasteiger partial charge in [0.05, 0.1) is 22.1 Å². The molecule has 0 spiro atoms. The molecule has 0 amide bonds. The van der Waals surface area contributed by atoms with Crippen molar-refractivity contribution in [3.8, 4) is 17.1 Å². The Hall–Kier alpha value is -7.14. The fourth-order valence-corrected chi connectivity index (χ4v) is 10.6. The third-order valence-electron chi connectivity index (χ3n) is 11.9. The molecule has 13 rings (SSSR count). The van der Waals surface area contributed by atoms with Crippen molar-refractivity contribution in [2.45, 2.75) is 0 Å². The molecule has 0 saturated heterocycles. The number of hydrogen-bond acceptors (Lipinski definition) is 3. The minimum Gasteiger partial charge on any atom is -0.292 e. The molecule has 0 unspecified atom stereocenters. The van der Waals surface area contributed by atoms with Crippen LogP contribution < -0.4 is 0 Å². The van der Waals surface area contributed by atoms with E-state index in [1.54, 1.807) is 0 Å². The molecule has 0 aliphatic carbocycles. The van der Waals surface area contributed by atoms with Crippen LogP contribution in [0, 0.1) is 0 Å². The lowest BCUT2D eigenvalue weighted by Gasteiger charge is -2.16. The second-order valence-corrected chi connectivity index (χ2v) is 15.9. The lowest BCUT2D eigenvalue weighted by atomic mass is 9.91. The van der Waals surface area contributed by atoms with Gasteiger partial charge in [-0.2, -0.15) is 0 Å². The SMILES string of the molecule is c1ccc2cc3c(cc2c1)c1c2c4ccccc4c4ccccc4c2ccc1n3-c1nc2c(ccc3ccccc32)nc1-c1cccc2sc3ccccc3c12. The van der Waals surface area contributed by atoms with Crippen molar-refractivity contribution >= 4 is 118 Å². The summed E-state index contributed by atoms with van der Waals surface area (Å²) in [4.78, 5) is 11.4. The fourth-order valence-electron chi connectivity index (χ4n) is 9.50. The van der Waals surface area contributed by atoms with Crippen molar-refractivity contribution in [3.63, 3.8) is 0 Å². The Morgan fingerprint density at radius 1 is 0.375 bits per heavy atom. The second kappa shape index (κ2) is 11.2. The van der Waals surface area contributed by atoms with Crippen LogP contribution in [0.2, 0.25) is 0 Å². The van der Waals surface area contributed by atoms with Crippen LogP contribution in [0.4, 0.5) is 0 Å². The third-order valence-corrected chi connectivity index (χ3v) is 13.0. The largest absolute Gasteiger partial charge is 0.292 e. The molecule has 10 aromatic carbocycles. The van der Waals surface area contributed by atoms with Crippen LogP contribution in [-0.2, 0) is 0 Å². The van der Waals surface area contributed by atoms with Gasteiger partial charge in [0, 0.05) is 47.3 Å². The molecule has 4 heteroatoms. The minimum absolute atomic E-state index is 0.830. The van der Waals surface area contributed by atoms with Crippen LogP contribution in [-0.4, -0.2) is 14.5 Å². The van der Waals surface area contributed by atoms with Crippen molar-refractivity contribution in [1.82, 2.24) is 14.5 Å². The van der Waals surface area contributed by atoms with Gasteiger partial charge in [0.15, 0.2) is 5.82 Å². The van der Waals surface area contributed by atoms with Crippen LogP contribution in [0.1, 0.15) is 0 Å². The Morgan fingerprint density at radius 3 is 1.80 bits per heavy atom. The molecule has 0 saturated carbocycles. The third kappa shape index (κ3) is 4.06. The summed E-state index contributed by atoms with van der Waals surface area (Å²) in [6.07, 6.45) is 0. The van der Waals surface area contributed by atoms with Gasteiger partial charge in [-0.1, -0.05) is 140 Å². The molecule has 258 valence electrons. The highest BCUT2D eigenvalue weighted by atomic mass is 32.1. The molecule has 0 atom stereocenters. The highest BCUT2D eigenvalue weighted by Gasteiger charge is 2.24. The second-order valence-electron chi connectivity index (χ2n) is 14.9. The van der Waals surface area contributed by atoms with Gasteiger partial charge in [0.1, 0.15) is 5.69 Å². The first-order valence-corrected chi connectivity index (χ1v) is 19.9. The van der Waals surface area contributed by atoms with E-state index in [-0.39, 0.29) is 0 Å². The van der Waals surface area contributed by atoms with Crippen LogP contribution in [0.3, 0.4) is 0 Å². The van der Waals surface area contributed by atoms with E-state index in [0.717, 1.165) is 49.9 Å². The molecule has 13 aromatic rings. The number of rotatable bonds is 2. The zero-order chi connectivity index (χ0) is 36.5. The summed E-state index contributed by atoms with van der Waals surface area (Å²) in [5.74, 6) is 0.830. The van der Waals surface area contributed by atoms with Crippen molar-refractivity contribution in [2.75, 3.05) is 0 Å². The molecule has 3 heterocycles. The summed E-state index contributed by atoms with van der Waals surface area (Å²) in [5, 5.41) is 17.1. The average molecular weight is 728 g/mol. The lowest BCUT2D eigenvalue weighted by molar-refractivity contribution is 1.08. The minimum atomic E-state index is 0.830. The van der Waals surface area contributed by atoms with Gasteiger partial charge in [-0.3, -0.25) is 4.57 Å². The van der Waals surface area contributed by atoms with E-state index < -0.39 is 0 Å². The molecule has 0 aliphatic rings. The molecular weight excluding hydrogens is 699 g/mol. The molecule has 3 aromatic heterocycles. The summed E-state index contributed by atoms with van der Waals surface area (Å²) < 4.78 is 4.93. The van der Waals surface area contributed by atoms with Gasteiger partial charge < -0.3 is 0 Å². The number of thiophene rings is 1. The summed E-state index contributed by atoms with van der Waals surface area (Å²) in [6, 6.07) is 64.1.